The van der Waals surface area contributed by atoms with E-state index in [4.69, 9.17) is 4.98 Å². The Balaban J connectivity index is 2.11. The van der Waals surface area contributed by atoms with Crippen molar-refractivity contribution >= 4 is 11.2 Å². The van der Waals surface area contributed by atoms with Crippen molar-refractivity contribution in [3.8, 4) is 0 Å². The van der Waals surface area contributed by atoms with E-state index in [1.54, 1.807) is 0 Å². The molecule has 2 heterocycles. The predicted octanol–water partition coefficient (Wildman–Crippen LogP) is 2.71. The highest BCUT2D eigenvalue weighted by atomic mass is 15.1. The highest BCUT2D eigenvalue weighted by Crippen LogP contribution is 2.32. The van der Waals surface area contributed by atoms with Crippen LogP contribution in [0.15, 0.2) is 12.1 Å². The molecule has 0 spiro atoms. The molecule has 0 saturated heterocycles. The van der Waals surface area contributed by atoms with Gasteiger partial charge in [0.05, 0.1) is 0 Å². The van der Waals surface area contributed by atoms with Gasteiger partial charge in [0.15, 0.2) is 5.65 Å². The minimum Gasteiger partial charge on any atom is -0.313 e. The number of imidazole rings is 1. The Morgan fingerprint density at radius 3 is 2.81 bits per heavy atom. The Kier molecular flexibility index (Phi) is 2.20. The third-order valence-electron chi connectivity index (χ3n) is 3.34. The molecular weight excluding hydrogens is 198 g/mol. The molecule has 1 fully saturated rings. The van der Waals surface area contributed by atoms with Gasteiger partial charge >= 0.3 is 0 Å². The number of hydrogen-bond donors (Lipinski definition) is 0. The lowest BCUT2D eigenvalue weighted by Crippen LogP contribution is -2.03. The molecule has 2 aromatic rings. The van der Waals surface area contributed by atoms with E-state index in [0.29, 0.717) is 0 Å². The van der Waals surface area contributed by atoms with Gasteiger partial charge in [-0.25, -0.2) is 9.97 Å². The van der Waals surface area contributed by atoms with E-state index in [0.717, 1.165) is 41.6 Å². The monoisotopic (exact) mass is 215 g/mol. The minimum atomic E-state index is 0.864. The van der Waals surface area contributed by atoms with Crippen LogP contribution in [0.1, 0.15) is 31.3 Å². The van der Waals surface area contributed by atoms with Crippen LogP contribution in [0.3, 0.4) is 0 Å². The molecule has 1 saturated carbocycles. The van der Waals surface area contributed by atoms with Crippen LogP contribution in [-0.2, 0) is 13.0 Å². The molecule has 3 nitrogen and oxygen atoms in total. The second-order valence-electron chi connectivity index (χ2n) is 4.71. The molecule has 84 valence electrons. The predicted molar refractivity (Wildman–Crippen MR) is 64.4 cm³/mol. The van der Waals surface area contributed by atoms with Gasteiger partial charge in [0.1, 0.15) is 11.3 Å². The molecule has 16 heavy (non-hydrogen) atoms. The zero-order chi connectivity index (χ0) is 11.1. The van der Waals surface area contributed by atoms with Gasteiger partial charge in [0.25, 0.3) is 0 Å². The van der Waals surface area contributed by atoms with E-state index >= 15 is 0 Å². The third-order valence-corrected chi connectivity index (χ3v) is 3.34. The maximum atomic E-state index is 4.70. The van der Waals surface area contributed by atoms with Crippen LogP contribution < -0.4 is 0 Å². The first-order valence-corrected chi connectivity index (χ1v) is 6.10. The summed E-state index contributed by atoms with van der Waals surface area (Å²) in [7, 11) is 0. The van der Waals surface area contributed by atoms with Gasteiger partial charge in [0, 0.05) is 12.2 Å². The van der Waals surface area contributed by atoms with E-state index in [2.05, 4.69) is 35.5 Å². The normalized spacial score (nSPS) is 15.9. The number of nitrogens with zero attached hydrogens (tertiary/aromatic N) is 3. The molecule has 0 aliphatic heterocycles. The number of aryl methyl sites for hydroxylation is 2. The number of aromatic nitrogens is 3. The fourth-order valence-corrected chi connectivity index (χ4v) is 2.13. The van der Waals surface area contributed by atoms with Crippen LogP contribution in [0.2, 0.25) is 0 Å². The van der Waals surface area contributed by atoms with Crippen LogP contribution in [0.4, 0.5) is 0 Å². The maximum Gasteiger partial charge on any atom is 0.160 e. The van der Waals surface area contributed by atoms with Gasteiger partial charge in [-0.3, -0.25) is 0 Å². The fourth-order valence-electron chi connectivity index (χ4n) is 2.13. The molecule has 2 aromatic heterocycles. The largest absolute Gasteiger partial charge is 0.313 e. The van der Waals surface area contributed by atoms with Crippen molar-refractivity contribution in [2.45, 2.75) is 39.7 Å². The summed E-state index contributed by atoms with van der Waals surface area (Å²) in [6, 6.07) is 4.17. The summed E-state index contributed by atoms with van der Waals surface area (Å²) in [5.74, 6) is 1.96. The Morgan fingerprint density at radius 2 is 2.12 bits per heavy atom. The first-order valence-electron chi connectivity index (χ1n) is 6.10. The fraction of sp³-hybridized carbons (Fsp3) is 0.538. The molecule has 3 heteroatoms. The SMILES string of the molecule is CCc1ccc2nc(C)n(CC3CC3)c2n1. The average molecular weight is 215 g/mol. The lowest BCUT2D eigenvalue weighted by Gasteiger charge is -2.05. The Morgan fingerprint density at radius 1 is 1.31 bits per heavy atom. The van der Waals surface area contributed by atoms with E-state index < -0.39 is 0 Å². The Bertz CT molecular complexity index is 523. The molecular formula is C13H17N3. The van der Waals surface area contributed by atoms with Crippen molar-refractivity contribution in [3.05, 3.63) is 23.7 Å². The van der Waals surface area contributed by atoms with E-state index in [1.165, 1.54) is 12.8 Å². The van der Waals surface area contributed by atoms with Crippen LogP contribution in [-0.4, -0.2) is 14.5 Å². The molecule has 0 radical (unpaired) electrons. The summed E-state index contributed by atoms with van der Waals surface area (Å²) >= 11 is 0. The highest BCUT2D eigenvalue weighted by Gasteiger charge is 2.23. The molecule has 0 atom stereocenters. The number of pyridine rings is 1. The molecule has 1 aliphatic rings. The Labute approximate surface area is 95.5 Å². The van der Waals surface area contributed by atoms with Gasteiger partial charge in [0.2, 0.25) is 0 Å². The number of hydrogen-bond acceptors (Lipinski definition) is 2. The molecule has 0 unspecified atom stereocenters. The van der Waals surface area contributed by atoms with Crippen molar-refractivity contribution in [2.24, 2.45) is 5.92 Å². The van der Waals surface area contributed by atoms with Gasteiger partial charge in [-0.15, -0.1) is 0 Å². The Hall–Kier alpha value is -1.38. The van der Waals surface area contributed by atoms with E-state index in [-0.39, 0.29) is 0 Å². The van der Waals surface area contributed by atoms with Gasteiger partial charge in [-0.2, -0.15) is 0 Å². The van der Waals surface area contributed by atoms with Crippen LogP contribution in [0, 0.1) is 12.8 Å². The highest BCUT2D eigenvalue weighted by molar-refractivity contribution is 5.71. The zero-order valence-electron chi connectivity index (χ0n) is 9.90. The van der Waals surface area contributed by atoms with Crippen molar-refractivity contribution in [2.75, 3.05) is 0 Å². The van der Waals surface area contributed by atoms with Crippen molar-refractivity contribution in [1.29, 1.82) is 0 Å². The van der Waals surface area contributed by atoms with E-state index in [1.807, 2.05) is 0 Å². The average Bonchev–Trinajstić information content (AvgIpc) is 3.05. The van der Waals surface area contributed by atoms with Gasteiger partial charge in [-0.05, 0) is 44.2 Å². The molecule has 0 aromatic carbocycles. The quantitative estimate of drug-likeness (QED) is 0.788. The summed E-state index contributed by atoms with van der Waals surface area (Å²) in [5.41, 5.74) is 3.27. The molecule has 0 amide bonds. The van der Waals surface area contributed by atoms with Gasteiger partial charge < -0.3 is 4.57 Å². The minimum absolute atomic E-state index is 0.864. The van der Waals surface area contributed by atoms with Crippen molar-refractivity contribution in [1.82, 2.24) is 14.5 Å². The third kappa shape index (κ3) is 1.60. The van der Waals surface area contributed by atoms with Crippen LogP contribution in [0.25, 0.3) is 11.2 Å². The maximum absolute atomic E-state index is 4.70. The summed E-state index contributed by atoms with van der Waals surface area (Å²) in [5, 5.41) is 0. The lowest BCUT2D eigenvalue weighted by atomic mass is 10.3. The summed E-state index contributed by atoms with van der Waals surface area (Å²) < 4.78 is 2.28. The number of fused-ring (bicyclic) bond motifs is 1. The smallest absolute Gasteiger partial charge is 0.160 e. The standard InChI is InChI=1S/C13H17N3/c1-3-11-6-7-12-13(15-11)16(9(2)14-12)8-10-4-5-10/h6-7,10H,3-5,8H2,1-2H3. The summed E-state index contributed by atoms with van der Waals surface area (Å²) in [6.45, 7) is 5.32. The first kappa shape index (κ1) is 9.82. The molecule has 1 aliphatic carbocycles. The van der Waals surface area contributed by atoms with Crippen LogP contribution in [0.5, 0.6) is 0 Å². The van der Waals surface area contributed by atoms with Crippen LogP contribution >= 0.6 is 0 Å². The molecule has 0 N–H and O–H groups in total. The van der Waals surface area contributed by atoms with E-state index in [9.17, 15) is 0 Å². The lowest BCUT2D eigenvalue weighted by molar-refractivity contribution is 0.621. The summed E-state index contributed by atoms with van der Waals surface area (Å²) in [6.07, 6.45) is 3.72. The van der Waals surface area contributed by atoms with Crippen molar-refractivity contribution in [3.63, 3.8) is 0 Å². The second kappa shape index (κ2) is 3.58. The van der Waals surface area contributed by atoms with Gasteiger partial charge in [-0.1, -0.05) is 6.92 Å². The molecule has 0 bridgehead atoms. The number of rotatable bonds is 3. The van der Waals surface area contributed by atoms with Crippen molar-refractivity contribution < 1.29 is 0 Å². The summed E-state index contributed by atoms with van der Waals surface area (Å²) in [4.78, 5) is 9.27. The molecule has 3 rings (SSSR count). The second-order valence-corrected chi connectivity index (χ2v) is 4.71. The first-order chi connectivity index (χ1) is 7.78. The zero-order valence-corrected chi connectivity index (χ0v) is 9.90. The topological polar surface area (TPSA) is 30.7 Å².